The van der Waals surface area contributed by atoms with Crippen LogP contribution in [0.3, 0.4) is 0 Å². The SMILES string of the molecule is Cc1cc2c(nc(C(C)C3CC3)n2CCOCCN(C)S(=O)(=O)C(C)C)c(N)n1. The molecule has 0 amide bonds. The van der Waals surface area contributed by atoms with Gasteiger partial charge in [-0.2, -0.15) is 0 Å². The largest absolute Gasteiger partial charge is 0.382 e. The summed E-state index contributed by atoms with van der Waals surface area (Å²) in [5.74, 6) is 2.54. The van der Waals surface area contributed by atoms with E-state index in [-0.39, 0.29) is 0 Å². The summed E-state index contributed by atoms with van der Waals surface area (Å²) < 4.78 is 33.6. The summed E-state index contributed by atoms with van der Waals surface area (Å²) in [7, 11) is -1.66. The van der Waals surface area contributed by atoms with E-state index in [0.29, 0.717) is 44.0 Å². The number of hydrogen-bond donors (Lipinski definition) is 1. The molecule has 1 atom stereocenters. The topological polar surface area (TPSA) is 103 Å². The lowest BCUT2D eigenvalue weighted by molar-refractivity contribution is 0.118. The van der Waals surface area contributed by atoms with Gasteiger partial charge in [0, 0.05) is 31.7 Å². The van der Waals surface area contributed by atoms with E-state index >= 15 is 0 Å². The molecule has 0 radical (unpaired) electrons. The zero-order chi connectivity index (χ0) is 21.3. The van der Waals surface area contributed by atoms with Crippen molar-refractivity contribution >= 4 is 26.9 Å². The van der Waals surface area contributed by atoms with Gasteiger partial charge in [-0.05, 0) is 45.6 Å². The Kier molecular flexibility index (Phi) is 6.50. The quantitative estimate of drug-likeness (QED) is 0.589. The molecule has 2 N–H and O–H groups in total. The van der Waals surface area contributed by atoms with Gasteiger partial charge in [0.25, 0.3) is 0 Å². The highest BCUT2D eigenvalue weighted by atomic mass is 32.2. The molecule has 8 nitrogen and oxygen atoms in total. The lowest BCUT2D eigenvalue weighted by Crippen LogP contribution is -2.35. The lowest BCUT2D eigenvalue weighted by atomic mass is 10.1. The number of nitrogens with zero attached hydrogens (tertiary/aromatic N) is 4. The van der Waals surface area contributed by atoms with Gasteiger partial charge in [0.05, 0.1) is 24.0 Å². The van der Waals surface area contributed by atoms with Crippen molar-refractivity contribution in [3.8, 4) is 0 Å². The normalized spacial score (nSPS) is 16.2. The fourth-order valence-electron chi connectivity index (χ4n) is 3.62. The minimum atomic E-state index is -3.25. The van der Waals surface area contributed by atoms with Gasteiger partial charge in [0.15, 0.2) is 5.82 Å². The number of nitrogens with two attached hydrogens (primary N) is 1. The first kappa shape index (κ1) is 22.0. The maximum Gasteiger partial charge on any atom is 0.216 e. The third kappa shape index (κ3) is 4.73. The minimum absolute atomic E-state index is 0.340. The number of fused-ring (bicyclic) bond motifs is 1. The number of likely N-dealkylation sites (N-methyl/N-ethyl adjacent to an activating group) is 1. The molecule has 2 aromatic heterocycles. The molecule has 29 heavy (non-hydrogen) atoms. The Morgan fingerprint density at radius 3 is 2.59 bits per heavy atom. The summed E-state index contributed by atoms with van der Waals surface area (Å²) in [6, 6.07) is 2.02. The third-order valence-electron chi connectivity index (χ3n) is 5.70. The van der Waals surface area contributed by atoms with Crippen LogP contribution < -0.4 is 5.73 Å². The average Bonchev–Trinajstić information content (AvgIpc) is 3.43. The van der Waals surface area contributed by atoms with Crippen LogP contribution in [-0.2, 0) is 21.3 Å². The molecule has 1 aliphatic rings. The highest BCUT2D eigenvalue weighted by Crippen LogP contribution is 2.42. The molecule has 162 valence electrons. The van der Waals surface area contributed by atoms with Gasteiger partial charge in [-0.15, -0.1) is 0 Å². The Morgan fingerprint density at radius 1 is 1.28 bits per heavy atom. The van der Waals surface area contributed by atoms with Crippen LogP contribution in [0.25, 0.3) is 11.0 Å². The van der Waals surface area contributed by atoms with Gasteiger partial charge in [0.2, 0.25) is 10.0 Å². The van der Waals surface area contributed by atoms with Crippen LogP contribution in [0.15, 0.2) is 6.07 Å². The summed E-state index contributed by atoms with van der Waals surface area (Å²) >= 11 is 0. The molecule has 1 aliphatic carbocycles. The van der Waals surface area contributed by atoms with E-state index in [1.165, 1.54) is 17.1 Å². The number of sulfonamides is 1. The molecule has 9 heteroatoms. The fourth-order valence-corrected chi connectivity index (χ4v) is 4.67. The Morgan fingerprint density at radius 2 is 1.97 bits per heavy atom. The number of hydrogen-bond acceptors (Lipinski definition) is 6. The number of rotatable bonds is 10. The summed E-state index contributed by atoms with van der Waals surface area (Å²) in [5, 5.41) is -0.432. The molecule has 3 rings (SSSR count). The van der Waals surface area contributed by atoms with Crippen LogP contribution in [-0.4, -0.2) is 59.3 Å². The standard InChI is InChI=1S/C20H33N5O3S/c1-13(2)29(26,27)24(5)8-10-28-11-9-25-17-12-14(3)22-19(21)18(17)23-20(25)15(4)16-6-7-16/h12-13,15-16H,6-11H2,1-5H3,(H2,21,22). The summed E-state index contributed by atoms with van der Waals surface area (Å²) in [6.45, 7) is 9.33. The van der Waals surface area contributed by atoms with Crippen LogP contribution in [0.4, 0.5) is 5.82 Å². The second-order valence-electron chi connectivity index (χ2n) is 8.29. The van der Waals surface area contributed by atoms with Crippen molar-refractivity contribution in [1.82, 2.24) is 18.8 Å². The average molecular weight is 424 g/mol. The van der Waals surface area contributed by atoms with E-state index in [0.717, 1.165) is 22.6 Å². The maximum atomic E-state index is 12.1. The smallest absolute Gasteiger partial charge is 0.216 e. The number of nitrogen functional groups attached to an aromatic ring is 1. The van der Waals surface area contributed by atoms with Crippen molar-refractivity contribution in [2.75, 3.05) is 32.5 Å². The summed E-state index contributed by atoms with van der Waals surface area (Å²) in [4.78, 5) is 9.18. The van der Waals surface area contributed by atoms with Crippen molar-refractivity contribution in [3.05, 3.63) is 17.6 Å². The number of aromatic nitrogens is 3. The molecule has 2 aromatic rings. The Balaban J connectivity index is 1.68. The van der Waals surface area contributed by atoms with Gasteiger partial charge in [0.1, 0.15) is 11.3 Å². The van der Waals surface area contributed by atoms with E-state index in [4.69, 9.17) is 15.5 Å². The second kappa shape index (κ2) is 8.57. The van der Waals surface area contributed by atoms with Crippen molar-refractivity contribution in [2.45, 2.75) is 58.2 Å². The lowest BCUT2D eigenvalue weighted by Gasteiger charge is -2.19. The van der Waals surface area contributed by atoms with Gasteiger partial charge in [-0.1, -0.05) is 6.92 Å². The van der Waals surface area contributed by atoms with Crippen LogP contribution in [0.2, 0.25) is 0 Å². The predicted octanol–water partition coefficient (Wildman–Crippen LogP) is 2.52. The van der Waals surface area contributed by atoms with Crippen LogP contribution in [0.5, 0.6) is 0 Å². The van der Waals surface area contributed by atoms with E-state index in [9.17, 15) is 8.42 Å². The Labute approximate surface area is 173 Å². The number of aryl methyl sites for hydroxylation is 1. The number of anilines is 1. The molecule has 1 fully saturated rings. The van der Waals surface area contributed by atoms with Crippen LogP contribution in [0, 0.1) is 12.8 Å². The first-order chi connectivity index (χ1) is 13.6. The van der Waals surface area contributed by atoms with Gasteiger partial charge in [-0.3, -0.25) is 0 Å². The maximum absolute atomic E-state index is 12.1. The summed E-state index contributed by atoms with van der Waals surface area (Å²) in [5.41, 5.74) is 8.73. The fraction of sp³-hybridized carbons (Fsp3) is 0.700. The van der Waals surface area contributed by atoms with E-state index < -0.39 is 15.3 Å². The molecule has 0 saturated heterocycles. The Hall–Kier alpha value is -1.71. The van der Waals surface area contributed by atoms with Crippen LogP contribution >= 0.6 is 0 Å². The van der Waals surface area contributed by atoms with Gasteiger partial charge >= 0.3 is 0 Å². The van der Waals surface area contributed by atoms with E-state index in [1.807, 2.05) is 13.0 Å². The van der Waals surface area contributed by atoms with Gasteiger partial charge < -0.3 is 15.0 Å². The van der Waals surface area contributed by atoms with Gasteiger partial charge in [-0.25, -0.2) is 22.7 Å². The first-order valence-electron chi connectivity index (χ1n) is 10.3. The van der Waals surface area contributed by atoms with E-state index in [2.05, 4.69) is 16.5 Å². The monoisotopic (exact) mass is 423 g/mol. The molecule has 2 heterocycles. The minimum Gasteiger partial charge on any atom is -0.382 e. The van der Waals surface area contributed by atoms with Crippen molar-refractivity contribution in [2.24, 2.45) is 5.92 Å². The molecule has 1 unspecified atom stereocenters. The molecule has 0 aliphatic heterocycles. The third-order valence-corrected chi connectivity index (χ3v) is 7.94. The molecule has 0 aromatic carbocycles. The highest BCUT2D eigenvalue weighted by Gasteiger charge is 2.32. The zero-order valence-corrected chi connectivity index (χ0v) is 18.9. The van der Waals surface area contributed by atoms with E-state index in [1.54, 1.807) is 20.9 Å². The highest BCUT2D eigenvalue weighted by molar-refractivity contribution is 7.89. The van der Waals surface area contributed by atoms with Crippen molar-refractivity contribution in [1.29, 1.82) is 0 Å². The molecular weight excluding hydrogens is 390 g/mol. The van der Waals surface area contributed by atoms with Crippen molar-refractivity contribution in [3.63, 3.8) is 0 Å². The molecule has 0 bridgehead atoms. The molecular formula is C20H33N5O3S. The number of pyridine rings is 1. The molecule has 0 spiro atoms. The predicted molar refractivity (Wildman–Crippen MR) is 115 cm³/mol. The second-order valence-corrected chi connectivity index (χ2v) is 10.9. The first-order valence-corrected chi connectivity index (χ1v) is 11.8. The number of imidazole rings is 1. The van der Waals surface area contributed by atoms with Crippen LogP contribution in [0.1, 0.15) is 51.0 Å². The van der Waals surface area contributed by atoms with Crippen molar-refractivity contribution < 1.29 is 13.2 Å². The Bertz CT molecular complexity index is 966. The zero-order valence-electron chi connectivity index (χ0n) is 18.1. The molecule has 1 saturated carbocycles. The summed E-state index contributed by atoms with van der Waals surface area (Å²) in [6.07, 6.45) is 2.48. The number of ether oxygens (including phenoxy) is 1.